The molecule has 1 N–H and O–H groups in total. The Morgan fingerprint density at radius 2 is 1.53 bits per heavy atom. The van der Waals surface area contributed by atoms with Crippen molar-refractivity contribution in [2.24, 2.45) is 17.3 Å². The summed E-state index contributed by atoms with van der Waals surface area (Å²) in [5.74, 6) is 1.62. The normalized spacial score (nSPS) is 15.0. The van der Waals surface area contributed by atoms with E-state index < -0.39 is 0 Å². The predicted molar refractivity (Wildman–Crippen MR) is 70.2 cm³/mol. The molecule has 0 amide bonds. The van der Waals surface area contributed by atoms with Crippen LogP contribution in [0.3, 0.4) is 0 Å². The van der Waals surface area contributed by atoms with Crippen molar-refractivity contribution in [3.05, 3.63) is 0 Å². The summed E-state index contributed by atoms with van der Waals surface area (Å²) in [6, 6.07) is 0.612. The van der Waals surface area contributed by atoms with Gasteiger partial charge in [0.15, 0.2) is 0 Å². The van der Waals surface area contributed by atoms with Crippen molar-refractivity contribution >= 4 is 0 Å². The molecule has 0 spiro atoms. The quantitative estimate of drug-likeness (QED) is 0.701. The van der Waals surface area contributed by atoms with Crippen LogP contribution in [0, 0.1) is 17.3 Å². The lowest BCUT2D eigenvalue weighted by molar-refractivity contribution is 0.268. The first-order valence-electron chi connectivity index (χ1n) is 6.46. The lowest BCUT2D eigenvalue weighted by atomic mass is 9.83. The second-order valence-corrected chi connectivity index (χ2v) is 6.67. The highest BCUT2D eigenvalue weighted by Gasteiger charge is 2.17. The summed E-state index contributed by atoms with van der Waals surface area (Å²) in [6.07, 6.45) is 2.68. The number of rotatable bonds is 6. The summed E-state index contributed by atoms with van der Waals surface area (Å²) in [6.45, 7) is 17.3. The molecule has 0 aliphatic rings. The van der Waals surface area contributed by atoms with Gasteiger partial charge in [-0.05, 0) is 36.6 Å². The van der Waals surface area contributed by atoms with Gasteiger partial charge in [0.05, 0.1) is 0 Å². The molecule has 1 atom stereocenters. The average Bonchev–Trinajstić information content (AvgIpc) is 2.00. The van der Waals surface area contributed by atoms with Gasteiger partial charge in [0.25, 0.3) is 0 Å². The van der Waals surface area contributed by atoms with E-state index in [1.165, 1.54) is 19.4 Å². The number of nitrogens with one attached hydrogen (secondary N) is 1. The summed E-state index contributed by atoms with van der Waals surface area (Å²) in [5, 5.41) is 3.56. The van der Waals surface area contributed by atoms with Crippen molar-refractivity contribution in [1.82, 2.24) is 5.32 Å². The lowest BCUT2D eigenvalue weighted by Gasteiger charge is -2.26. The van der Waals surface area contributed by atoms with Crippen LogP contribution in [-0.4, -0.2) is 12.6 Å². The minimum atomic E-state index is 0.477. The van der Waals surface area contributed by atoms with Gasteiger partial charge in [0, 0.05) is 6.04 Å². The molecular weight excluding hydrogens is 182 g/mol. The summed E-state index contributed by atoms with van der Waals surface area (Å²) in [5.41, 5.74) is 0.477. The van der Waals surface area contributed by atoms with Gasteiger partial charge in [-0.3, -0.25) is 0 Å². The fourth-order valence-electron chi connectivity index (χ4n) is 1.68. The molecule has 0 bridgehead atoms. The first kappa shape index (κ1) is 15.0. The van der Waals surface area contributed by atoms with E-state index in [1.54, 1.807) is 0 Å². The molecule has 0 saturated heterocycles. The van der Waals surface area contributed by atoms with E-state index in [2.05, 4.69) is 53.8 Å². The second kappa shape index (κ2) is 6.52. The van der Waals surface area contributed by atoms with Crippen LogP contribution < -0.4 is 5.32 Å². The monoisotopic (exact) mass is 213 g/mol. The molecule has 1 unspecified atom stereocenters. The highest BCUT2D eigenvalue weighted by molar-refractivity contribution is 4.71. The minimum absolute atomic E-state index is 0.477. The van der Waals surface area contributed by atoms with Gasteiger partial charge in [-0.15, -0.1) is 0 Å². The molecular formula is C14H31N. The van der Waals surface area contributed by atoms with Crippen molar-refractivity contribution in [3.8, 4) is 0 Å². The Hall–Kier alpha value is -0.0400. The Labute approximate surface area is 97.0 Å². The van der Waals surface area contributed by atoms with E-state index in [1.807, 2.05) is 0 Å². The Balaban J connectivity index is 3.95. The topological polar surface area (TPSA) is 12.0 Å². The van der Waals surface area contributed by atoms with E-state index in [9.17, 15) is 0 Å². The minimum Gasteiger partial charge on any atom is -0.314 e. The highest BCUT2D eigenvalue weighted by Crippen LogP contribution is 2.26. The van der Waals surface area contributed by atoms with Crippen molar-refractivity contribution in [2.45, 2.75) is 67.3 Å². The van der Waals surface area contributed by atoms with Crippen LogP contribution in [0.1, 0.15) is 61.3 Å². The van der Waals surface area contributed by atoms with E-state index in [4.69, 9.17) is 0 Å². The van der Waals surface area contributed by atoms with Crippen LogP contribution in [0.15, 0.2) is 0 Å². The standard InChI is InChI=1S/C14H31N/c1-11(2)13(10-15-12(3)4)8-9-14(5,6)7/h11-13,15H,8-10H2,1-7H3. The zero-order valence-corrected chi connectivity index (χ0v) is 11.9. The van der Waals surface area contributed by atoms with Crippen molar-refractivity contribution in [2.75, 3.05) is 6.54 Å². The molecule has 0 heterocycles. The zero-order valence-electron chi connectivity index (χ0n) is 11.9. The van der Waals surface area contributed by atoms with Crippen molar-refractivity contribution in [1.29, 1.82) is 0 Å². The molecule has 0 aromatic carbocycles. The van der Waals surface area contributed by atoms with Crippen LogP contribution in [0.25, 0.3) is 0 Å². The van der Waals surface area contributed by atoms with Crippen molar-refractivity contribution in [3.63, 3.8) is 0 Å². The Bertz CT molecular complexity index is 153. The van der Waals surface area contributed by atoms with Crippen LogP contribution in [-0.2, 0) is 0 Å². The first-order valence-corrected chi connectivity index (χ1v) is 6.46. The van der Waals surface area contributed by atoms with E-state index >= 15 is 0 Å². The van der Waals surface area contributed by atoms with Crippen LogP contribution in [0.5, 0.6) is 0 Å². The predicted octanol–water partition coefficient (Wildman–Crippen LogP) is 4.08. The summed E-state index contributed by atoms with van der Waals surface area (Å²) >= 11 is 0. The third kappa shape index (κ3) is 8.92. The summed E-state index contributed by atoms with van der Waals surface area (Å²) < 4.78 is 0. The van der Waals surface area contributed by atoms with Gasteiger partial charge in [-0.2, -0.15) is 0 Å². The van der Waals surface area contributed by atoms with Gasteiger partial charge in [0.2, 0.25) is 0 Å². The van der Waals surface area contributed by atoms with Crippen molar-refractivity contribution < 1.29 is 0 Å². The van der Waals surface area contributed by atoms with Crippen LogP contribution in [0.4, 0.5) is 0 Å². The van der Waals surface area contributed by atoms with Crippen LogP contribution >= 0.6 is 0 Å². The molecule has 1 heteroatoms. The van der Waals surface area contributed by atoms with Gasteiger partial charge in [0.1, 0.15) is 0 Å². The third-order valence-electron chi connectivity index (χ3n) is 3.00. The van der Waals surface area contributed by atoms with Gasteiger partial charge < -0.3 is 5.32 Å². The lowest BCUT2D eigenvalue weighted by Crippen LogP contribution is -2.31. The fraction of sp³-hybridized carbons (Fsp3) is 1.00. The first-order chi connectivity index (χ1) is 6.72. The molecule has 0 aliphatic carbocycles. The number of hydrogen-bond acceptors (Lipinski definition) is 1. The molecule has 0 rings (SSSR count). The Morgan fingerprint density at radius 3 is 1.87 bits per heavy atom. The maximum atomic E-state index is 3.56. The molecule has 0 aromatic heterocycles. The zero-order chi connectivity index (χ0) is 12.1. The maximum Gasteiger partial charge on any atom is 0.00104 e. The summed E-state index contributed by atoms with van der Waals surface area (Å²) in [4.78, 5) is 0. The Kier molecular flexibility index (Phi) is 6.51. The van der Waals surface area contributed by atoms with E-state index in [0.29, 0.717) is 11.5 Å². The number of hydrogen-bond donors (Lipinski definition) is 1. The molecule has 92 valence electrons. The fourth-order valence-corrected chi connectivity index (χ4v) is 1.68. The molecule has 1 nitrogen and oxygen atoms in total. The molecule has 0 aliphatic heterocycles. The Morgan fingerprint density at radius 1 is 1.00 bits per heavy atom. The van der Waals surface area contributed by atoms with E-state index in [-0.39, 0.29) is 0 Å². The maximum absolute atomic E-state index is 3.56. The van der Waals surface area contributed by atoms with E-state index in [0.717, 1.165) is 11.8 Å². The third-order valence-corrected chi connectivity index (χ3v) is 3.00. The molecule has 0 aromatic rings. The molecule has 0 fully saturated rings. The van der Waals surface area contributed by atoms with Gasteiger partial charge in [-0.25, -0.2) is 0 Å². The van der Waals surface area contributed by atoms with Crippen LogP contribution in [0.2, 0.25) is 0 Å². The summed E-state index contributed by atoms with van der Waals surface area (Å²) in [7, 11) is 0. The molecule has 15 heavy (non-hydrogen) atoms. The van der Waals surface area contributed by atoms with Gasteiger partial charge >= 0.3 is 0 Å². The van der Waals surface area contributed by atoms with Gasteiger partial charge in [-0.1, -0.05) is 48.5 Å². The largest absolute Gasteiger partial charge is 0.314 e. The molecule has 0 saturated carbocycles. The SMILES string of the molecule is CC(C)NCC(CCC(C)(C)C)C(C)C. The smallest absolute Gasteiger partial charge is 0.00104 e. The average molecular weight is 213 g/mol. The second-order valence-electron chi connectivity index (χ2n) is 6.67. The highest BCUT2D eigenvalue weighted by atomic mass is 14.9. The molecule has 0 radical (unpaired) electrons.